The number of fused-ring (bicyclic) bond motifs is 1. The number of thioether (sulfide) groups is 1. The van der Waals surface area contributed by atoms with Gasteiger partial charge in [-0.15, -0.1) is 0 Å². The summed E-state index contributed by atoms with van der Waals surface area (Å²) in [4.78, 5) is 32.9. The normalized spacial score (nSPS) is 12.7. The summed E-state index contributed by atoms with van der Waals surface area (Å²) in [7, 11) is 0. The van der Waals surface area contributed by atoms with E-state index >= 15 is 0 Å². The molecule has 2 aromatic rings. The molecule has 128 valence electrons. The average Bonchev–Trinajstić information content (AvgIpc) is 2.44. The molecule has 0 aliphatic heterocycles. The summed E-state index contributed by atoms with van der Waals surface area (Å²) in [5.74, 6) is 0.288. The van der Waals surface area contributed by atoms with Crippen LogP contribution in [0.3, 0.4) is 0 Å². The number of amides is 3. The number of imide groups is 1. The number of benzene rings is 1. The molecule has 2 N–H and O–H groups in total. The lowest BCUT2D eigenvalue weighted by Gasteiger charge is -2.21. The number of rotatable bonds is 3. The molecule has 0 bridgehead atoms. The van der Waals surface area contributed by atoms with Gasteiger partial charge in [0.25, 0.3) is 0 Å². The van der Waals surface area contributed by atoms with Crippen LogP contribution in [-0.2, 0) is 4.79 Å². The number of carbonyl (C=O) groups excluding carboxylic acids is 2. The number of para-hydroxylation sites is 1. The zero-order valence-electron chi connectivity index (χ0n) is 14.5. The van der Waals surface area contributed by atoms with Crippen molar-refractivity contribution in [3.63, 3.8) is 0 Å². The van der Waals surface area contributed by atoms with E-state index in [1.807, 2.05) is 52.0 Å². The molecule has 0 aliphatic carbocycles. The van der Waals surface area contributed by atoms with Crippen LogP contribution in [0, 0.1) is 6.92 Å². The minimum absolute atomic E-state index is 0.359. The number of nitrogens with zero attached hydrogens (tertiary/aromatic N) is 2. The second kappa shape index (κ2) is 7.17. The second-order valence-corrected chi connectivity index (χ2v) is 7.88. The first-order valence-corrected chi connectivity index (χ1v) is 8.57. The fraction of sp³-hybridized carbons (Fsp3) is 0.412. The minimum Gasteiger partial charge on any atom is -0.333 e. The number of nitrogens with one attached hydrogen (secondary N) is 2. The highest BCUT2D eigenvalue weighted by Crippen LogP contribution is 2.28. The van der Waals surface area contributed by atoms with Crippen molar-refractivity contribution in [2.45, 2.75) is 50.4 Å². The molecular weight excluding hydrogens is 324 g/mol. The Morgan fingerprint density at radius 1 is 1.17 bits per heavy atom. The number of hydrogen-bond donors (Lipinski definition) is 2. The van der Waals surface area contributed by atoms with Gasteiger partial charge in [0.2, 0.25) is 5.91 Å². The van der Waals surface area contributed by atoms with Gasteiger partial charge in [0.05, 0.1) is 10.8 Å². The lowest BCUT2D eigenvalue weighted by Crippen LogP contribution is -2.49. The van der Waals surface area contributed by atoms with Gasteiger partial charge in [-0.05, 0) is 40.7 Å². The summed E-state index contributed by atoms with van der Waals surface area (Å²) in [5, 5.41) is 6.23. The Morgan fingerprint density at radius 2 is 1.83 bits per heavy atom. The molecule has 0 unspecified atom stereocenters. The van der Waals surface area contributed by atoms with Crippen LogP contribution in [0.25, 0.3) is 10.9 Å². The summed E-state index contributed by atoms with van der Waals surface area (Å²) < 4.78 is 0. The van der Waals surface area contributed by atoms with Crippen LogP contribution in [0.5, 0.6) is 0 Å². The first-order chi connectivity index (χ1) is 11.2. The number of urea groups is 1. The molecule has 0 fully saturated rings. The first kappa shape index (κ1) is 18.2. The van der Waals surface area contributed by atoms with E-state index in [4.69, 9.17) is 0 Å². The molecule has 0 aliphatic rings. The first-order valence-electron chi connectivity index (χ1n) is 7.69. The maximum Gasteiger partial charge on any atom is 0.321 e. The smallest absolute Gasteiger partial charge is 0.321 e. The van der Waals surface area contributed by atoms with Crippen molar-refractivity contribution in [3.8, 4) is 0 Å². The van der Waals surface area contributed by atoms with Crippen molar-refractivity contribution in [3.05, 3.63) is 30.1 Å². The highest BCUT2D eigenvalue weighted by molar-refractivity contribution is 8.00. The lowest BCUT2D eigenvalue weighted by molar-refractivity contribution is -0.119. The van der Waals surface area contributed by atoms with Crippen molar-refractivity contribution >= 4 is 34.6 Å². The molecule has 3 amide bonds. The summed E-state index contributed by atoms with van der Waals surface area (Å²) in [6, 6.07) is 7.16. The topological polar surface area (TPSA) is 84.0 Å². The quantitative estimate of drug-likeness (QED) is 0.659. The van der Waals surface area contributed by atoms with Crippen LogP contribution in [0.2, 0.25) is 0 Å². The Labute approximate surface area is 145 Å². The van der Waals surface area contributed by atoms with Crippen molar-refractivity contribution < 1.29 is 9.59 Å². The van der Waals surface area contributed by atoms with Gasteiger partial charge in [-0.1, -0.05) is 30.0 Å². The summed E-state index contributed by atoms with van der Waals surface area (Å²) >= 11 is 1.31. The van der Waals surface area contributed by atoms with Crippen LogP contribution < -0.4 is 10.6 Å². The second-order valence-electron chi connectivity index (χ2n) is 6.55. The van der Waals surface area contributed by atoms with Gasteiger partial charge in [0.1, 0.15) is 10.9 Å². The number of aryl methyl sites for hydroxylation is 1. The molecular formula is C17H22N4O2S. The predicted octanol–water partition coefficient (Wildman–Crippen LogP) is 3.04. The zero-order chi connectivity index (χ0) is 17.9. The molecule has 24 heavy (non-hydrogen) atoms. The van der Waals surface area contributed by atoms with Gasteiger partial charge in [0, 0.05) is 10.9 Å². The maximum atomic E-state index is 12.2. The molecule has 1 aromatic heterocycles. The molecule has 1 heterocycles. The fourth-order valence-electron chi connectivity index (χ4n) is 2.05. The van der Waals surface area contributed by atoms with Gasteiger partial charge in [-0.25, -0.2) is 14.8 Å². The largest absolute Gasteiger partial charge is 0.333 e. The zero-order valence-corrected chi connectivity index (χ0v) is 15.3. The van der Waals surface area contributed by atoms with Crippen molar-refractivity contribution in [2.24, 2.45) is 0 Å². The van der Waals surface area contributed by atoms with Crippen molar-refractivity contribution in [1.82, 2.24) is 20.6 Å². The third-order valence-corrected chi connectivity index (χ3v) is 4.17. The summed E-state index contributed by atoms with van der Waals surface area (Å²) in [6.07, 6.45) is 0. The highest BCUT2D eigenvalue weighted by Gasteiger charge is 2.21. The van der Waals surface area contributed by atoms with E-state index in [9.17, 15) is 9.59 Å². The monoisotopic (exact) mass is 346 g/mol. The number of aromatic nitrogens is 2. The van der Waals surface area contributed by atoms with Crippen molar-refractivity contribution in [2.75, 3.05) is 0 Å². The van der Waals surface area contributed by atoms with Gasteiger partial charge >= 0.3 is 6.03 Å². The average molecular weight is 346 g/mol. The molecule has 0 spiro atoms. The summed E-state index contributed by atoms with van der Waals surface area (Å²) in [6.45, 7) is 9.12. The van der Waals surface area contributed by atoms with Crippen LogP contribution in [-0.4, -0.2) is 32.7 Å². The van der Waals surface area contributed by atoms with Gasteiger partial charge in [0.15, 0.2) is 0 Å². The van der Waals surface area contributed by atoms with Gasteiger partial charge in [-0.3, -0.25) is 10.1 Å². The van der Waals surface area contributed by atoms with E-state index in [0.29, 0.717) is 5.82 Å². The van der Waals surface area contributed by atoms with Crippen LogP contribution in [0.1, 0.15) is 33.5 Å². The number of carbonyl (C=O) groups is 2. The van der Waals surface area contributed by atoms with Crippen molar-refractivity contribution in [1.29, 1.82) is 0 Å². The van der Waals surface area contributed by atoms with Crippen LogP contribution >= 0.6 is 11.8 Å². The van der Waals surface area contributed by atoms with Crippen LogP contribution in [0.15, 0.2) is 29.3 Å². The molecule has 1 atom stereocenters. The Hall–Kier alpha value is -2.15. The van der Waals surface area contributed by atoms with E-state index in [1.54, 1.807) is 6.92 Å². The molecule has 2 rings (SSSR count). The Bertz CT molecular complexity index is 771. The predicted molar refractivity (Wildman–Crippen MR) is 96.0 cm³/mol. The van der Waals surface area contributed by atoms with E-state index < -0.39 is 16.8 Å². The van der Waals surface area contributed by atoms with E-state index in [-0.39, 0.29) is 5.91 Å². The SMILES string of the molecule is Cc1nc(S[C@H](C)C(=O)NC(=O)NC(C)(C)C)c2ccccc2n1. The summed E-state index contributed by atoms with van der Waals surface area (Å²) in [5.41, 5.74) is 0.436. The lowest BCUT2D eigenvalue weighted by atomic mass is 10.1. The third kappa shape index (κ3) is 4.92. The van der Waals surface area contributed by atoms with Gasteiger partial charge < -0.3 is 5.32 Å². The van der Waals surface area contributed by atoms with Gasteiger partial charge in [-0.2, -0.15) is 0 Å². The molecule has 1 aromatic carbocycles. The Morgan fingerprint density at radius 3 is 2.50 bits per heavy atom. The molecule has 0 saturated heterocycles. The Kier molecular flexibility index (Phi) is 5.43. The van der Waals surface area contributed by atoms with E-state index in [2.05, 4.69) is 20.6 Å². The number of hydrogen-bond acceptors (Lipinski definition) is 5. The highest BCUT2D eigenvalue weighted by atomic mass is 32.2. The molecule has 0 radical (unpaired) electrons. The van der Waals surface area contributed by atoms with Crippen LogP contribution in [0.4, 0.5) is 4.79 Å². The maximum absolute atomic E-state index is 12.2. The standard InChI is InChI=1S/C17H22N4O2S/c1-10(14(22)20-16(23)21-17(3,4)5)24-15-12-8-6-7-9-13(12)18-11(2)19-15/h6-10H,1-5H3,(H2,20,21,22,23)/t10-/m1/s1. The Balaban J connectivity index is 2.11. The molecule has 6 nitrogen and oxygen atoms in total. The molecule has 0 saturated carbocycles. The minimum atomic E-state index is -0.497. The van der Waals surface area contributed by atoms with E-state index in [1.165, 1.54) is 11.8 Å². The van der Waals surface area contributed by atoms with E-state index in [0.717, 1.165) is 15.9 Å². The third-order valence-electron chi connectivity index (χ3n) is 3.06. The molecule has 7 heteroatoms. The fourth-order valence-corrected chi connectivity index (χ4v) is 3.04.